The zero-order valence-corrected chi connectivity index (χ0v) is 13.1. The van der Waals surface area contributed by atoms with Gasteiger partial charge in [0.25, 0.3) is 0 Å². The first kappa shape index (κ1) is 14.3. The lowest BCUT2D eigenvalue weighted by Gasteiger charge is -2.09. The van der Waals surface area contributed by atoms with E-state index >= 15 is 0 Å². The number of hydrogen-bond donors (Lipinski definition) is 1. The van der Waals surface area contributed by atoms with Gasteiger partial charge in [-0.15, -0.1) is 0 Å². The number of imidazole rings is 1. The van der Waals surface area contributed by atoms with Crippen molar-refractivity contribution >= 4 is 17.2 Å². The van der Waals surface area contributed by atoms with Crippen molar-refractivity contribution in [1.82, 2.24) is 9.38 Å². The van der Waals surface area contributed by atoms with Crippen molar-refractivity contribution in [2.75, 3.05) is 5.32 Å². The number of nitrogens with zero attached hydrogens (tertiary/aromatic N) is 2. The molecule has 4 aromatic rings. The molecule has 0 aliphatic carbocycles. The summed E-state index contributed by atoms with van der Waals surface area (Å²) in [7, 11) is 0. The molecule has 0 atom stereocenters. The Balaban J connectivity index is 1.59. The highest BCUT2D eigenvalue weighted by Gasteiger charge is 2.08. The number of para-hydroxylation sites is 1. The highest BCUT2D eigenvalue weighted by molar-refractivity contribution is 5.64. The highest BCUT2D eigenvalue weighted by atomic mass is 16.5. The number of benzene rings is 2. The first-order valence-electron chi connectivity index (χ1n) is 7.85. The molecule has 0 fully saturated rings. The van der Waals surface area contributed by atoms with Crippen LogP contribution in [0.2, 0.25) is 0 Å². The van der Waals surface area contributed by atoms with Gasteiger partial charge in [0.15, 0.2) is 11.4 Å². The van der Waals surface area contributed by atoms with Gasteiger partial charge < -0.3 is 10.1 Å². The highest BCUT2D eigenvalue weighted by Crippen LogP contribution is 2.24. The van der Waals surface area contributed by atoms with Crippen LogP contribution in [0.3, 0.4) is 0 Å². The van der Waals surface area contributed by atoms with Gasteiger partial charge in [-0.25, -0.2) is 4.98 Å². The van der Waals surface area contributed by atoms with E-state index in [1.807, 2.05) is 89.6 Å². The third-order valence-electron chi connectivity index (χ3n) is 3.78. The second-order valence-corrected chi connectivity index (χ2v) is 5.47. The molecule has 4 rings (SSSR count). The van der Waals surface area contributed by atoms with Crippen LogP contribution in [0.25, 0.3) is 5.65 Å². The second-order valence-electron chi connectivity index (χ2n) is 5.47. The molecule has 0 amide bonds. The minimum Gasteiger partial charge on any atom is -0.485 e. The standard InChI is InChI=1S/C20H17N3O/c1-3-8-16(9-4-1)15-24-18-12-7-13-23-19(14-21-20(18)23)22-17-10-5-2-6-11-17/h1-14,22H,15H2. The summed E-state index contributed by atoms with van der Waals surface area (Å²) in [5, 5.41) is 3.37. The van der Waals surface area contributed by atoms with Crippen LogP contribution in [0, 0.1) is 0 Å². The maximum Gasteiger partial charge on any atom is 0.181 e. The molecule has 118 valence electrons. The Morgan fingerprint density at radius 1 is 0.875 bits per heavy atom. The molecule has 0 bridgehead atoms. The van der Waals surface area contributed by atoms with E-state index in [0.29, 0.717) is 6.61 Å². The number of rotatable bonds is 5. The zero-order valence-electron chi connectivity index (χ0n) is 13.1. The molecule has 0 unspecified atom stereocenters. The van der Waals surface area contributed by atoms with E-state index in [9.17, 15) is 0 Å². The maximum absolute atomic E-state index is 5.96. The third-order valence-corrected chi connectivity index (χ3v) is 3.78. The second kappa shape index (κ2) is 6.46. The largest absolute Gasteiger partial charge is 0.485 e. The third kappa shape index (κ3) is 2.94. The van der Waals surface area contributed by atoms with Gasteiger partial charge in [-0.1, -0.05) is 48.5 Å². The van der Waals surface area contributed by atoms with Crippen LogP contribution in [0.5, 0.6) is 5.75 Å². The fourth-order valence-corrected chi connectivity index (χ4v) is 2.59. The Bertz CT molecular complexity index is 933. The lowest BCUT2D eigenvalue weighted by Crippen LogP contribution is -1.99. The summed E-state index contributed by atoms with van der Waals surface area (Å²) >= 11 is 0. The predicted molar refractivity (Wildman–Crippen MR) is 95.7 cm³/mol. The normalized spacial score (nSPS) is 10.7. The van der Waals surface area contributed by atoms with Crippen molar-refractivity contribution in [2.24, 2.45) is 0 Å². The number of nitrogens with one attached hydrogen (secondary N) is 1. The van der Waals surface area contributed by atoms with Gasteiger partial charge in [-0.2, -0.15) is 0 Å². The van der Waals surface area contributed by atoms with E-state index in [-0.39, 0.29) is 0 Å². The molecule has 2 aromatic heterocycles. The minimum absolute atomic E-state index is 0.523. The van der Waals surface area contributed by atoms with Gasteiger partial charge in [0.1, 0.15) is 12.4 Å². The quantitative estimate of drug-likeness (QED) is 0.582. The van der Waals surface area contributed by atoms with Gasteiger partial charge in [0.2, 0.25) is 0 Å². The molecule has 2 heterocycles. The van der Waals surface area contributed by atoms with E-state index in [0.717, 1.165) is 28.5 Å². The van der Waals surface area contributed by atoms with Gasteiger partial charge in [-0.3, -0.25) is 4.40 Å². The molecule has 2 aromatic carbocycles. The Morgan fingerprint density at radius 3 is 2.42 bits per heavy atom. The van der Waals surface area contributed by atoms with E-state index in [1.54, 1.807) is 0 Å². The summed E-state index contributed by atoms with van der Waals surface area (Å²) in [5.41, 5.74) is 2.95. The summed E-state index contributed by atoms with van der Waals surface area (Å²) in [6.45, 7) is 0.523. The average molecular weight is 315 g/mol. The lowest BCUT2D eigenvalue weighted by atomic mass is 10.2. The van der Waals surface area contributed by atoms with Crippen molar-refractivity contribution in [1.29, 1.82) is 0 Å². The lowest BCUT2D eigenvalue weighted by molar-refractivity contribution is 0.308. The molecule has 0 aliphatic rings. The van der Waals surface area contributed by atoms with Crippen LogP contribution in [0.1, 0.15) is 5.56 Å². The van der Waals surface area contributed by atoms with E-state index < -0.39 is 0 Å². The molecule has 0 radical (unpaired) electrons. The van der Waals surface area contributed by atoms with Crippen LogP contribution in [0.4, 0.5) is 11.5 Å². The van der Waals surface area contributed by atoms with Crippen molar-refractivity contribution in [3.63, 3.8) is 0 Å². The zero-order chi connectivity index (χ0) is 16.2. The molecule has 4 heteroatoms. The summed E-state index contributed by atoms with van der Waals surface area (Å²) in [4.78, 5) is 4.50. The van der Waals surface area contributed by atoms with Crippen LogP contribution in [-0.2, 0) is 6.61 Å². The molecule has 1 N–H and O–H groups in total. The Hall–Kier alpha value is -3.27. The van der Waals surface area contributed by atoms with Crippen molar-refractivity contribution < 1.29 is 4.74 Å². The van der Waals surface area contributed by atoms with E-state index in [1.165, 1.54) is 0 Å². The first-order valence-corrected chi connectivity index (χ1v) is 7.85. The number of ether oxygens (including phenoxy) is 1. The Labute approximate surface area is 140 Å². The SMILES string of the molecule is c1ccc(COc2cccn3c(Nc4ccccc4)cnc23)cc1. The summed E-state index contributed by atoms with van der Waals surface area (Å²) in [6.07, 6.45) is 3.79. The minimum atomic E-state index is 0.523. The van der Waals surface area contributed by atoms with E-state index in [4.69, 9.17) is 4.74 Å². The van der Waals surface area contributed by atoms with Crippen LogP contribution >= 0.6 is 0 Å². The molecule has 0 aliphatic heterocycles. The van der Waals surface area contributed by atoms with Crippen molar-refractivity contribution in [3.8, 4) is 5.75 Å². The first-order chi connectivity index (χ1) is 11.9. The number of aromatic nitrogens is 2. The fourth-order valence-electron chi connectivity index (χ4n) is 2.59. The van der Waals surface area contributed by atoms with Gasteiger partial charge >= 0.3 is 0 Å². The monoisotopic (exact) mass is 315 g/mol. The Morgan fingerprint density at radius 2 is 1.62 bits per heavy atom. The maximum atomic E-state index is 5.96. The molecular formula is C20H17N3O. The molecular weight excluding hydrogens is 298 g/mol. The smallest absolute Gasteiger partial charge is 0.181 e. The topological polar surface area (TPSA) is 38.6 Å². The van der Waals surface area contributed by atoms with Crippen molar-refractivity contribution in [3.05, 3.63) is 90.8 Å². The van der Waals surface area contributed by atoms with Gasteiger partial charge in [-0.05, 0) is 29.8 Å². The summed E-state index contributed by atoms with van der Waals surface area (Å²) in [6, 6.07) is 24.1. The van der Waals surface area contributed by atoms with E-state index in [2.05, 4.69) is 10.3 Å². The van der Waals surface area contributed by atoms with Crippen LogP contribution < -0.4 is 10.1 Å². The Kier molecular flexibility index (Phi) is 3.86. The number of hydrogen-bond acceptors (Lipinski definition) is 3. The summed E-state index contributed by atoms with van der Waals surface area (Å²) in [5.74, 6) is 1.67. The number of fused-ring (bicyclic) bond motifs is 1. The average Bonchev–Trinajstić information content (AvgIpc) is 3.05. The number of anilines is 2. The molecule has 0 saturated heterocycles. The molecule has 24 heavy (non-hydrogen) atoms. The van der Waals surface area contributed by atoms with Gasteiger partial charge in [0, 0.05) is 11.9 Å². The number of pyridine rings is 1. The van der Waals surface area contributed by atoms with Crippen LogP contribution in [-0.4, -0.2) is 9.38 Å². The predicted octanol–water partition coefficient (Wildman–Crippen LogP) is 4.66. The van der Waals surface area contributed by atoms with Gasteiger partial charge in [0.05, 0.1) is 6.20 Å². The molecule has 4 nitrogen and oxygen atoms in total. The fraction of sp³-hybridized carbons (Fsp3) is 0.0500. The van der Waals surface area contributed by atoms with Crippen LogP contribution in [0.15, 0.2) is 85.2 Å². The summed E-state index contributed by atoms with van der Waals surface area (Å²) < 4.78 is 7.95. The van der Waals surface area contributed by atoms with Crippen molar-refractivity contribution in [2.45, 2.75) is 6.61 Å². The molecule has 0 spiro atoms. The molecule has 0 saturated carbocycles.